The van der Waals surface area contributed by atoms with Gasteiger partial charge in [-0.15, -0.1) is 0 Å². The van der Waals surface area contributed by atoms with Gasteiger partial charge in [0, 0.05) is 21.6 Å². The predicted molar refractivity (Wildman–Crippen MR) is 56.2 cm³/mol. The molecule has 2 nitrogen and oxygen atoms in total. The summed E-state index contributed by atoms with van der Waals surface area (Å²) in [5.74, 6) is 0.959. The molecule has 0 spiro atoms. The van der Waals surface area contributed by atoms with Crippen molar-refractivity contribution in [2.75, 3.05) is 6.61 Å². The summed E-state index contributed by atoms with van der Waals surface area (Å²) in [4.78, 5) is 0. The lowest BCUT2D eigenvalue weighted by atomic mass is 10.0. The largest absolute Gasteiger partial charge is 0.493 e. The van der Waals surface area contributed by atoms with Gasteiger partial charge in [-0.3, -0.25) is 0 Å². The molecule has 0 saturated heterocycles. The lowest BCUT2D eigenvalue weighted by Crippen LogP contribution is -2.20. The quantitative estimate of drug-likeness (QED) is 0.736. The first-order chi connectivity index (χ1) is 5.77. The third kappa shape index (κ3) is 1.43. The van der Waals surface area contributed by atoms with Crippen LogP contribution in [0.3, 0.4) is 0 Å². The number of hydrogen-bond donors (Lipinski definition) is 1. The van der Waals surface area contributed by atoms with Crippen LogP contribution in [0, 0.1) is 3.57 Å². The Labute approximate surface area is 85.2 Å². The zero-order valence-electron chi connectivity index (χ0n) is 6.59. The molecule has 1 atom stereocenters. The fourth-order valence-electron chi connectivity index (χ4n) is 1.39. The second-order valence-electron chi connectivity index (χ2n) is 2.93. The monoisotopic (exact) mass is 275 g/mol. The van der Waals surface area contributed by atoms with Crippen LogP contribution >= 0.6 is 22.6 Å². The van der Waals surface area contributed by atoms with Crippen molar-refractivity contribution in [3.05, 3.63) is 27.3 Å². The van der Waals surface area contributed by atoms with E-state index in [1.54, 1.807) is 0 Å². The van der Waals surface area contributed by atoms with E-state index in [1.807, 2.05) is 6.07 Å². The van der Waals surface area contributed by atoms with E-state index in [1.165, 1.54) is 3.57 Å². The van der Waals surface area contributed by atoms with Gasteiger partial charge in [0.05, 0.1) is 6.61 Å². The zero-order valence-corrected chi connectivity index (χ0v) is 8.74. The van der Waals surface area contributed by atoms with Crippen LogP contribution in [0.2, 0.25) is 0 Å². The zero-order chi connectivity index (χ0) is 8.55. The molecular formula is C9H10INO. The van der Waals surface area contributed by atoms with Crippen LogP contribution in [0.4, 0.5) is 0 Å². The Balaban J connectivity index is 2.46. The second kappa shape index (κ2) is 3.22. The molecule has 0 bridgehead atoms. The summed E-state index contributed by atoms with van der Waals surface area (Å²) in [7, 11) is 0. The Morgan fingerprint density at radius 2 is 2.33 bits per heavy atom. The molecule has 1 heterocycles. The SMILES string of the molecule is N[C@@H]1CCOc2cc(I)ccc21. The van der Waals surface area contributed by atoms with E-state index in [0.717, 1.165) is 24.3 Å². The van der Waals surface area contributed by atoms with E-state index >= 15 is 0 Å². The van der Waals surface area contributed by atoms with Crippen LogP contribution in [-0.4, -0.2) is 6.61 Å². The average Bonchev–Trinajstić information content (AvgIpc) is 2.04. The number of ether oxygens (including phenoxy) is 1. The highest BCUT2D eigenvalue weighted by Gasteiger charge is 2.17. The molecule has 12 heavy (non-hydrogen) atoms. The first-order valence-electron chi connectivity index (χ1n) is 3.95. The Kier molecular flexibility index (Phi) is 2.23. The maximum absolute atomic E-state index is 5.91. The number of fused-ring (bicyclic) bond motifs is 1. The molecule has 2 rings (SSSR count). The van der Waals surface area contributed by atoms with Crippen LogP contribution in [0.15, 0.2) is 18.2 Å². The van der Waals surface area contributed by atoms with E-state index in [4.69, 9.17) is 10.5 Å². The van der Waals surface area contributed by atoms with Gasteiger partial charge in [-0.1, -0.05) is 6.07 Å². The van der Waals surface area contributed by atoms with Crippen molar-refractivity contribution in [1.82, 2.24) is 0 Å². The van der Waals surface area contributed by atoms with Crippen LogP contribution in [0.25, 0.3) is 0 Å². The summed E-state index contributed by atoms with van der Waals surface area (Å²) in [6.45, 7) is 0.744. The Morgan fingerprint density at radius 1 is 1.50 bits per heavy atom. The van der Waals surface area contributed by atoms with Gasteiger partial charge in [0.1, 0.15) is 5.75 Å². The van der Waals surface area contributed by atoms with Crippen LogP contribution in [0.5, 0.6) is 5.75 Å². The number of rotatable bonds is 0. The normalized spacial score (nSPS) is 21.3. The van der Waals surface area contributed by atoms with E-state index in [-0.39, 0.29) is 6.04 Å². The van der Waals surface area contributed by atoms with E-state index in [2.05, 4.69) is 34.7 Å². The summed E-state index contributed by atoms with van der Waals surface area (Å²) in [5, 5.41) is 0. The van der Waals surface area contributed by atoms with Crippen molar-refractivity contribution in [2.24, 2.45) is 5.73 Å². The summed E-state index contributed by atoms with van der Waals surface area (Å²) in [6.07, 6.45) is 0.924. The van der Waals surface area contributed by atoms with Gasteiger partial charge in [0.2, 0.25) is 0 Å². The Hall–Kier alpha value is -0.290. The fourth-order valence-corrected chi connectivity index (χ4v) is 1.85. The van der Waals surface area contributed by atoms with Crippen LogP contribution in [-0.2, 0) is 0 Å². The molecule has 3 heteroatoms. The maximum Gasteiger partial charge on any atom is 0.125 e. The van der Waals surface area contributed by atoms with Gasteiger partial charge in [0.15, 0.2) is 0 Å². The number of hydrogen-bond acceptors (Lipinski definition) is 2. The standard InChI is InChI=1S/C9H10INO/c10-6-1-2-7-8(11)3-4-12-9(7)5-6/h1-2,5,8H,3-4,11H2/t8-/m1/s1. The average molecular weight is 275 g/mol. The summed E-state index contributed by atoms with van der Waals surface area (Å²) >= 11 is 2.27. The molecule has 0 radical (unpaired) electrons. The van der Waals surface area contributed by atoms with E-state index < -0.39 is 0 Å². The third-order valence-corrected chi connectivity index (χ3v) is 2.73. The molecule has 1 aromatic carbocycles. The highest BCUT2D eigenvalue weighted by atomic mass is 127. The highest BCUT2D eigenvalue weighted by Crippen LogP contribution is 2.31. The molecule has 0 unspecified atom stereocenters. The van der Waals surface area contributed by atoms with Crippen molar-refractivity contribution in [1.29, 1.82) is 0 Å². The predicted octanol–water partition coefficient (Wildman–Crippen LogP) is 2.07. The number of halogens is 1. The molecule has 1 aliphatic heterocycles. The van der Waals surface area contributed by atoms with Crippen molar-refractivity contribution in [3.63, 3.8) is 0 Å². The van der Waals surface area contributed by atoms with Gasteiger partial charge >= 0.3 is 0 Å². The minimum absolute atomic E-state index is 0.158. The van der Waals surface area contributed by atoms with Crippen molar-refractivity contribution in [3.8, 4) is 5.75 Å². The smallest absolute Gasteiger partial charge is 0.125 e. The first-order valence-corrected chi connectivity index (χ1v) is 5.03. The van der Waals surface area contributed by atoms with Crippen molar-refractivity contribution >= 4 is 22.6 Å². The topological polar surface area (TPSA) is 35.2 Å². The first kappa shape index (κ1) is 8.31. The molecule has 1 aliphatic rings. The van der Waals surface area contributed by atoms with Gasteiger partial charge in [-0.25, -0.2) is 0 Å². The molecule has 0 aromatic heterocycles. The van der Waals surface area contributed by atoms with Crippen molar-refractivity contribution < 1.29 is 4.74 Å². The maximum atomic E-state index is 5.91. The summed E-state index contributed by atoms with van der Waals surface area (Å²) in [5.41, 5.74) is 7.05. The number of benzene rings is 1. The fraction of sp³-hybridized carbons (Fsp3) is 0.333. The Morgan fingerprint density at radius 3 is 3.17 bits per heavy atom. The minimum atomic E-state index is 0.158. The number of nitrogens with two attached hydrogens (primary N) is 1. The van der Waals surface area contributed by atoms with Gasteiger partial charge in [-0.2, -0.15) is 0 Å². The van der Waals surface area contributed by atoms with E-state index in [0.29, 0.717) is 0 Å². The Bertz CT molecular complexity index is 301. The van der Waals surface area contributed by atoms with Gasteiger partial charge in [0.25, 0.3) is 0 Å². The van der Waals surface area contributed by atoms with Crippen molar-refractivity contribution in [2.45, 2.75) is 12.5 Å². The minimum Gasteiger partial charge on any atom is -0.493 e. The lowest BCUT2D eigenvalue weighted by molar-refractivity contribution is 0.269. The molecule has 0 saturated carbocycles. The molecule has 64 valence electrons. The summed E-state index contributed by atoms with van der Waals surface area (Å²) < 4.78 is 6.68. The third-order valence-electron chi connectivity index (χ3n) is 2.06. The van der Waals surface area contributed by atoms with Gasteiger partial charge < -0.3 is 10.5 Å². The molecule has 2 N–H and O–H groups in total. The molecule has 0 amide bonds. The lowest BCUT2D eigenvalue weighted by Gasteiger charge is -2.22. The highest BCUT2D eigenvalue weighted by molar-refractivity contribution is 14.1. The second-order valence-corrected chi connectivity index (χ2v) is 4.17. The van der Waals surface area contributed by atoms with Gasteiger partial charge in [-0.05, 0) is 34.7 Å². The summed E-state index contributed by atoms with van der Waals surface area (Å²) in [6, 6.07) is 6.31. The molecule has 0 aliphatic carbocycles. The van der Waals surface area contributed by atoms with Crippen LogP contribution < -0.4 is 10.5 Å². The molecular weight excluding hydrogens is 265 g/mol. The molecule has 1 aromatic rings. The van der Waals surface area contributed by atoms with E-state index in [9.17, 15) is 0 Å². The van der Waals surface area contributed by atoms with Crippen LogP contribution in [0.1, 0.15) is 18.0 Å². The molecule has 0 fully saturated rings.